The molecule has 0 N–H and O–H groups in total. The maximum Gasteiger partial charge on any atom is 0.302 e. The van der Waals surface area contributed by atoms with E-state index in [-0.39, 0.29) is 28.3 Å². The van der Waals surface area contributed by atoms with Crippen molar-refractivity contribution in [2.24, 2.45) is 44.3 Å². The number of hydrogen-bond donors (Lipinski definition) is 0. The molecule has 5 aliphatic carbocycles. The Morgan fingerprint density at radius 3 is 2.09 bits per heavy atom. The number of ketones is 1. The molecule has 0 saturated heterocycles. The first-order valence-electron chi connectivity index (χ1n) is 14.4. The van der Waals surface area contributed by atoms with Gasteiger partial charge in [-0.05, 0) is 96.7 Å². The molecule has 0 unspecified atom stereocenters. The van der Waals surface area contributed by atoms with Crippen molar-refractivity contribution in [1.29, 1.82) is 0 Å². The summed E-state index contributed by atoms with van der Waals surface area (Å²) in [5.41, 5.74) is 3.44. The lowest BCUT2D eigenvalue weighted by molar-refractivity contribution is -0.217. The van der Waals surface area contributed by atoms with E-state index in [1.54, 1.807) is 0 Å². The fourth-order valence-corrected chi connectivity index (χ4v) is 10.6. The van der Waals surface area contributed by atoms with Crippen LogP contribution < -0.4 is 0 Å². The third-order valence-corrected chi connectivity index (χ3v) is 13.0. The zero-order valence-electron chi connectivity index (χ0n) is 24.0. The minimum absolute atomic E-state index is 0.0773. The molecule has 3 nitrogen and oxygen atoms in total. The van der Waals surface area contributed by atoms with Crippen molar-refractivity contribution in [3.05, 3.63) is 11.1 Å². The highest BCUT2D eigenvalue weighted by atomic mass is 16.5. The molecule has 3 saturated carbocycles. The Hall–Kier alpha value is -1.12. The summed E-state index contributed by atoms with van der Waals surface area (Å²) in [6.07, 6.45) is 11.3. The molecule has 35 heavy (non-hydrogen) atoms. The van der Waals surface area contributed by atoms with Gasteiger partial charge < -0.3 is 4.74 Å². The van der Waals surface area contributed by atoms with E-state index in [9.17, 15) is 9.59 Å². The first-order chi connectivity index (χ1) is 16.0. The highest BCUT2D eigenvalue weighted by Crippen LogP contribution is 2.76. The second kappa shape index (κ2) is 7.47. The van der Waals surface area contributed by atoms with Crippen LogP contribution in [-0.4, -0.2) is 17.9 Å². The van der Waals surface area contributed by atoms with E-state index in [0.717, 1.165) is 24.3 Å². The van der Waals surface area contributed by atoms with Crippen molar-refractivity contribution in [1.82, 2.24) is 0 Å². The monoisotopic (exact) mass is 482 g/mol. The number of hydrogen-bond acceptors (Lipinski definition) is 3. The number of carbonyl (C=O) groups is 2. The van der Waals surface area contributed by atoms with Crippen LogP contribution in [0.25, 0.3) is 0 Å². The quantitative estimate of drug-likeness (QED) is 0.355. The number of esters is 1. The van der Waals surface area contributed by atoms with Gasteiger partial charge in [-0.2, -0.15) is 0 Å². The smallest absolute Gasteiger partial charge is 0.302 e. The van der Waals surface area contributed by atoms with E-state index in [1.807, 2.05) is 0 Å². The van der Waals surface area contributed by atoms with E-state index in [4.69, 9.17) is 4.74 Å². The largest absolute Gasteiger partial charge is 0.462 e. The lowest BCUT2D eigenvalue weighted by atomic mass is 9.32. The van der Waals surface area contributed by atoms with E-state index in [0.29, 0.717) is 29.0 Å². The van der Waals surface area contributed by atoms with Crippen molar-refractivity contribution in [2.75, 3.05) is 0 Å². The van der Waals surface area contributed by atoms with Crippen LogP contribution in [0.3, 0.4) is 0 Å². The maximum absolute atomic E-state index is 14.0. The Morgan fingerprint density at radius 1 is 0.829 bits per heavy atom. The number of rotatable bonds is 1. The molecule has 7 atom stereocenters. The molecule has 196 valence electrons. The van der Waals surface area contributed by atoms with Gasteiger partial charge in [0.1, 0.15) is 6.10 Å². The van der Waals surface area contributed by atoms with Crippen LogP contribution >= 0.6 is 0 Å². The summed E-state index contributed by atoms with van der Waals surface area (Å²) in [6.45, 7) is 21.1. The van der Waals surface area contributed by atoms with Crippen LogP contribution in [0.4, 0.5) is 0 Å². The van der Waals surface area contributed by atoms with Crippen LogP contribution in [0.1, 0.15) is 127 Å². The third kappa shape index (κ3) is 3.34. The Bertz CT molecular complexity index is 987. The Morgan fingerprint density at radius 2 is 1.43 bits per heavy atom. The standard InChI is InChI=1S/C32H50O3/c1-20(33)35-25-11-10-21-26(28(25,4)5)22(34)18-23-30(21,7)15-17-32(9)24-19-27(2,3)12-13-29(24,6)14-16-31(23,32)8/h23-25H,10-19H2,1-9H3/t23-,24+,25-,29+,30-,31+,32-/m0/s1. The van der Waals surface area contributed by atoms with Crippen LogP contribution in [0.2, 0.25) is 0 Å². The van der Waals surface area contributed by atoms with Gasteiger partial charge in [-0.15, -0.1) is 0 Å². The topological polar surface area (TPSA) is 43.4 Å². The summed E-state index contributed by atoms with van der Waals surface area (Å²) in [5.74, 6) is 1.26. The van der Waals surface area contributed by atoms with E-state index in [2.05, 4.69) is 55.4 Å². The molecule has 0 heterocycles. The Kier molecular flexibility index (Phi) is 5.45. The number of fused-ring (bicyclic) bond motifs is 6. The molecule has 3 fully saturated rings. The fraction of sp³-hybridized carbons (Fsp3) is 0.875. The van der Waals surface area contributed by atoms with Gasteiger partial charge in [-0.25, -0.2) is 0 Å². The first kappa shape index (κ1) is 25.5. The molecule has 0 radical (unpaired) electrons. The highest BCUT2D eigenvalue weighted by Gasteiger charge is 2.69. The summed E-state index contributed by atoms with van der Waals surface area (Å²) in [5, 5.41) is 0. The van der Waals surface area contributed by atoms with Crippen molar-refractivity contribution in [3.63, 3.8) is 0 Å². The molecule has 5 rings (SSSR count). The summed E-state index contributed by atoms with van der Waals surface area (Å²) in [7, 11) is 0. The van der Waals surface area contributed by atoms with Crippen molar-refractivity contribution >= 4 is 11.8 Å². The van der Waals surface area contributed by atoms with Crippen molar-refractivity contribution in [2.45, 2.75) is 133 Å². The van der Waals surface area contributed by atoms with E-state index < -0.39 is 5.41 Å². The molecule has 0 amide bonds. The van der Waals surface area contributed by atoms with E-state index in [1.165, 1.54) is 57.4 Å². The van der Waals surface area contributed by atoms with Gasteiger partial charge in [0.25, 0.3) is 0 Å². The average Bonchev–Trinajstić information content (AvgIpc) is 2.74. The molecular weight excluding hydrogens is 432 g/mol. The lowest BCUT2D eigenvalue weighted by Crippen LogP contribution is -2.65. The second-order valence-corrected chi connectivity index (χ2v) is 15.7. The average molecular weight is 483 g/mol. The molecule has 5 aliphatic rings. The molecule has 0 bridgehead atoms. The summed E-state index contributed by atoms with van der Waals surface area (Å²) >= 11 is 0. The summed E-state index contributed by atoms with van der Waals surface area (Å²) < 4.78 is 5.76. The van der Waals surface area contributed by atoms with Gasteiger partial charge in [0, 0.05) is 24.3 Å². The Balaban J connectivity index is 1.58. The molecule has 0 aromatic carbocycles. The minimum Gasteiger partial charge on any atom is -0.462 e. The number of ether oxygens (including phenoxy) is 1. The maximum atomic E-state index is 14.0. The first-order valence-corrected chi connectivity index (χ1v) is 14.4. The molecule has 0 aliphatic heterocycles. The van der Waals surface area contributed by atoms with Crippen molar-refractivity contribution < 1.29 is 14.3 Å². The highest BCUT2D eigenvalue weighted by molar-refractivity contribution is 5.99. The Labute approximate surface area is 214 Å². The van der Waals surface area contributed by atoms with Crippen LogP contribution in [0.5, 0.6) is 0 Å². The molecule has 0 aromatic rings. The summed E-state index contributed by atoms with van der Waals surface area (Å²) in [4.78, 5) is 25.9. The molecule has 3 heteroatoms. The zero-order chi connectivity index (χ0) is 25.8. The molecule has 0 aromatic heterocycles. The van der Waals surface area contributed by atoms with E-state index >= 15 is 0 Å². The normalized spacial score (nSPS) is 48.3. The number of allylic oxidation sites excluding steroid dienone is 1. The SMILES string of the molecule is CC(=O)O[C@H]1CCC2=C(C(=O)C[C@H]3[C@@]2(C)CC[C@@]2(C)[C@@H]4CC(C)(C)CC[C@]4(C)CC[C@]32C)C1(C)C. The number of carbonyl (C=O) groups excluding carboxylic acids is 2. The number of Topliss-reactive ketones (excluding diaryl/α,β-unsaturated/α-hetero) is 1. The molecular formula is C32H50O3. The zero-order valence-corrected chi connectivity index (χ0v) is 24.0. The lowest BCUT2D eigenvalue weighted by Gasteiger charge is -2.72. The van der Waals surface area contributed by atoms with Gasteiger partial charge in [0.05, 0.1) is 0 Å². The predicted octanol–water partition coefficient (Wildman–Crippen LogP) is 8.06. The van der Waals surface area contributed by atoms with Gasteiger partial charge in [0.2, 0.25) is 0 Å². The van der Waals surface area contributed by atoms with Gasteiger partial charge >= 0.3 is 5.97 Å². The van der Waals surface area contributed by atoms with Gasteiger partial charge in [0.15, 0.2) is 5.78 Å². The predicted molar refractivity (Wildman–Crippen MR) is 141 cm³/mol. The van der Waals surface area contributed by atoms with Crippen molar-refractivity contribution in [3.8, 4) is 0 Å². The van der Waals surface area contributed by atoms with Crippen LogP contribution in [-0.2, 0) is 14.3 Å². The van der Waals surface area contributed by atoms with Crippen LogP contribution in [0, 0.1) is 44.3 Å². The minimum atomic E-state index is -0.412. The molecule has 0 spiro atoms. The fourth-order valence-electron chi connectivity index (χ4n) is 10.6. The van der Waals surface area contributed by atoms with Gasteiger partial charge in [-0.1, -0.05) is 61.0 Å². The summed E-state index contributed by atoms with van der Waals surface area (Å²) in [6, 6.07) is 0. The van der Waals surface area contributed by atoms with Gasteiger partial charge in [-0.3, -0.25) is 9.59 Å². The van der Waals surface area contributed by atoms with Crippen LogP contribution in [0.15, 0.2) is 11.1 Å². The third-order valence-electron chi connectivity index (χ3n) is 13.0. The second-order valence-electron chi connectivity index (χ2n) is 15.7.